The third kappa shape index (κ3) is 6.11. The number of carbonyl (C=O) groups excluding carboxylic acids is 2. The fourth-order valence-electron chi connectivity index (χ4n) is 9.23. The lowest BCUT2D eigenvalue weighted by Gasteiger charge is -2.52. The fraction of sp³-hybridized carbons (Fsp3) is 0.833. The SMILES string of the molecule is CC1=C[C@H]2[C@@]3(O)[C@H](C)[C@@H](O)[C@]4(OC(=O)CCCCCCCCCCCCCCCO)[C@@H]([C@@H]3C=C(CO)C[C@]2(O)C1=O)C4(C)C. The Morgan fingerprint density at radius 3 is 1.93 bits per heavy atom. The van der Waals surface area contributed by atoms with Crippen LogP contribution in [-0.2, 0) is 14.3 Å². The molecule has 2 saturated carbocycles. The summed E-state index contributed by atoms with van der Waals surface area (Å²) < 4.78 is 6.20. The van der Waals surface area contributed by atoms with E-state index >= 15 is 0 Å². The highest BCUT2D eigenvalue weighted by Crippen LogP contribution is 2.76. The molecule has 0 radical (unpaired) electrons. The second-order valence-corrected chi connectivity index (χ2v) is 14.9. The molecule has 8 heteroatoms. The highest BCUT2D eigenvalue weighted by atomic mass is 16.6. The third-order valence-electron chi connectivity index (χ3n) is 11.8. The molecule has 2 fully saturated rings. The van der Waals surface area contributed by atoms with E-state index in [1.54, 1.807) is 26.0 Å². The van der Waals surface area contributed by atoms with E-state index in [1.165, 1.54) is 44.9 Å². The van der Waals surface area contributed by atoms with Crippen molar-refractivity contribution in [3.63, 3.8) is 0 Å². The van der Waals surface area contributed by atoms with E-state index in [9.17, 15) is 30.0 Å². The van der Waals surface area contributed by atoms with E-state index in [2.05, 4.69) is 0 Å². The fourth-order valence-corrected chi connectivity index (χ4v) is 9.23. The number of esters is 1. The van der Waals surface area contributed by atoms with E-state index in [-0.39, 0.29) is 25.4 Å². The van der Waals surface area contributed by atoms with Gasteiger partial charge >= 0.3 is 5.97 Å². The van der Waals surface area contributed by atoms with Gasteiger partial charge in [-0.2, -0.15) is 0 Å². The molecule has 5 N–H and O–H groups in total. The van der Waals surface area contributed by atoms with Crippen molar-refractivity contribution in [3.05, 3.63) is 23.3 Å². The van der Waals surface area contributed by atoms with Crippen molar-refractivity contribution in [2.24, 2.45) is 29.1 Å². The zero-order chi connectivity index (χ0) is 32.3. The van der Waals surface area contributed by atoms with Crippen molar-refractivity contribution < 1.29 is 39.9 Å². The van der Waals surface area contributed by atoms with E-state index in [1.807, 2.05) is 13.8 Å². The number of ketones is 1. The molecule has 0 aromatic heterocycles. The van der Waals surface area contributed by atoms with Crippen LogP contribution in [0.25, 0.3) is 0 Å². The Morgan fingerprint density at radius 2 is 1.41 bits per heavy atom. The zero-order valence-electron chi connectivity index (χ0n) is 27.5. The topological polar surface area (TPSA) is 145 Å². The minimum atomic E-state index is -1.90. The van der Waals surface area contributed by atoms with Crippen LogP contribution in [0.15, 0.2) is 23.3 Å². The van der Waals surface area contributed by atoms with E-state index in [0.29, 0.717) is 17.8 Å². The van der Waals surface area contributed by atoms with Crippen LogP contribution in [0.2, 0.25) is 0 Å². The van der Waals surface area contributed by atoms with Crippen molar-refractivity contribution in [2.45, 2.75) is 147 Å². The first-order valence-corrected chi connectivity index (χ1v) is 17.3. The molecule has 250 valence electrons. The molecular formula is C36H58O8. The lowest BCUT2D eigenvalue weighted by molar-refractivity contribution is -0.219. The first-order chi connectivity index (χ1) is 20.8. The Hall–Kier alpha value is -1.58. The van der Waals surface area contributed by atoms with Gasteiger partial charge in [-0.3, -0.25) is 9.59 Å². The number of hydrogen-bond acceptors (Lipinski definition) is 8. The number of ether oxygens (including phenoxy) is 1. The molecule has 8 nitrogen and oxygen atoms in total. The number of Topliss-reactive ketones (excluding diaryl/α,β-unsaturated/α-hetero) is 1. The van der Waals surface area contributed by atoms with Crippen molar-refractivity contribution in [3.8, 4) is 0 Å². The lowest BCUT2D eigenvalue weighted by Crippen LogP contribution is -2.65. The normalized spacial score (nSPS) is 36.9. The molecule has 4 aliphatic rings. The maximum absolute atomic E-state index is 13.2. The molecule has 0 heterocycles. The average Bonchev–Trinajstić information content (AvgIpc) is 3.42. The molecule has 0 aliphatic heterocycles. The number of fused-ring (bicyclic) bond motifs is 5. The second-order valence-electron chi connectivity index (χ2n) is 14.9. The summed E-state index contributed by atoms with van der Waals surface area (Å²) in [5.74, 6) is -3.65. The molecule has 4 aliphatic carbocycles. The average molecular weight is 619 g/mol. The summed E-state index contributed by atoms with van der Waals surface area (Å²) in [5.41, 5.74) is -4.59. The van der Waals surface area contributed by atoms with Gasteiger partial charge in [-0.25, -0.2) is 0 Å². The molecule has 0 aromatic carbocycles. The van der Waals surface area contributed by atoms with Gasteiger partial charge in [0.05, 0.1) is 18.3 Å². The van der Waals surface area contributed by atoms with Crippen LogP contribution in [0, 0.1) is 29.1 Å². The molecule has 0 amide bonds. The molecule has 0 aromatic rings. The van der Waals surface area contributed by atoms with Crippen LogP contribution in [0.5, 0.6) is 0 Å². The molecule has 8 atom stereocenters. The third-order valence-corrected chi connectivity index (χ3v) is 11.8. The standard InChI is InChI=1S/C36H58O8/c1-24-20-28-34(42,31(24)40)22-26(23-38)21-27-30-33(3,4)36(30,32(41)25(2)35(27,28)43)44-29(39)18-16-14-12-10-8-6-5-7-9-11-13-15-17-19-37/h20-21,25,27-28,30,32,37-38,41-43H,5-19,22-23H2,1-4H3/t25-,27+,28-,30+,32-,34-,35-,36-/m1/s1. The molecule has 4 rings (SSSR count). The minimum Gasteiger partial charge on any atom is -0.455 e. The number of hydrogen-bond donors (Lipinski definition) is 5. The zero-order valence-corrected chi connectivity index (χ0v) is 27.5. The predicted molar refractivity (Wildman–Crippen MR) is 168 cm³/mol. The van der Waals surface area contributed by atoms with Crippen molar-refractivity contribution in [2.75, 3.05) is 13.2 Å². The number of aliphatic hydroxyl groups excluding tert-OH is 3. The van der Waals surface area contributed by atoms with Gasteiger partial charge < -0.3 is 30.3 Å². The molecule has 0 unspecified atom stereocenters. The van der Waals surface area contributed by atoms with Crippen LogP contribution >= 0.6 is 0 Å². The van der Waals surface area contributed by atoms with Crippen LogP contribution in [-0.4, -0.2) is 73.4 Å². The van der Waals surface area contributed by atoms with E-state index < -0.39 is 57.8 Å². The minimum absolute atomic E-state index is 0.0888. The maximum Gasteiger partial charge on any atom is 0.306 e. The monoisotopic (exact) mass is 618 g/mol. The summed E-state index contributed by atoms with van der Waals surface area (Å²) in [5, 5.41) is 54.8. The van der Waals surface area contributed by atoms with Gasteiger partial charge in [-0.05, 0) is 30.9 Å². The van der Waals surface area contributed by atoms with Gasteiger partial charge in [0, 0.05) is 48.5 Å². The van der Waals surface area contributed by atoms with Gasteiger partial charge in [0.15, 0.2) is 5.78 Å². The van der Waals surface area contributed by atoms with E-state index in [0.717, 1.165) is 38.5 Å². The summed E-state index contributed by atoms with van der Waals surface area (Å²) in [6.07, 6.45) is 17.1. The Morgan fingerprint density at radius 1 is 0.886 bits per heavy atom. The quantitative estimate of drug-likeness (QED) is 0.0877. The Balaban J connectivity index is 1.30. The molecule has 44 heavy (non-hydrogen) atoms. The summed E-state index contributed by atoms with van der Waals surface area (Å²) in [6, 6.07) is 0. The number of aliphatic hydroxyl groups is 5. The second kappa shape index (κ2) is 14.0. The Labute approximate surface area is 264 Å². The van der Waals surface area contributed by atoms with Crippen LogP contribution in [0.1, 0.15) is 124 Å². The van der Waals surface area contributed by atoms with Crippen LogP contribution in [0.4, 0.5) is 0 Å². The summed E-state index contributed by atoms with van der Waals surface area (Å²) in [6.45, 7) is 7.15. The number of rotatable bonds is 17. The van der Waals surface area contributed by atoms with Gasteiger partial charge in [0.1, 0.15) is 11.2 Å². The van der Waals surface area contributed by atoms with Gasteiger partial charge in [-0.1, -0.05) is 104 Å². The van der Waals surface area contributed by atoms with Gasteiger partial charge in [0.2, 0.25) is 0 Å². The largest absolute Gasteiger partial charge is 0.455 e. The highest BCUT2D eigenvalue weighted by Gasteiger charge is 2.86. The van der Waals surface area contributed by atoms with Crippen molar-refractivity contribution in [1.82, 2.24) is 0 Å². The summed E-state index contributed by atoms with van der Waals surface area (Å²) >= 11 is 0. The van der Waals surface area contributed by atoms with Crippen molar-refractivity contribution in [1.29, 1.82) is 0 Å². The smallest absolute Gasteiger partial charge is 0.306 e. The van der Waals surface area contributed by atoms with Gasteiger partial charge in [-0.15, -0.1) is 0 Å². The number of carbonyl (C=O) groups is 2. The predicted octanol–water partition coefficient (Wildman–Crippen LogP) is 4.93. The molecular weight excluding hydrogens is 560 g/mol. The molecule has 0 bridgehead atoms. The molecule has 0 spiro atoms. The maximum atomic E-state index is 13.2. The van der Waals surface area contributed by atoms with Crippen LogP contribution < -0.4 is 0 Å². The first-order valence-electron chi connectivity index (χ1n) is 17.3. The lowest BCUT2D eigenvalue weighted by atomic mass is 9.59. The number of unbranched alkanes of at least 4 members (excludes halogenated alkanes) is 12. The van der Waals surface area contributed by atoms with E-state index in [4.69, 9.17) is 9.84 Å². The Bertz CT molecular complexity index is 1100. The van der Waals surface area contributed by atoms with Gasteiger partial charge in [0.25, 0.3) is 0 Å². The van der Waals surface area contributed by atoms with Crippen LogP contribution in [0.3, 0.4) is 0 Å². The first kappa shape index (κ1) is 35.3. The molecule has 0 saturated heterocycles. The summed E-state index contributed by atoms with van der Waals surface area (Å²) in [4.78, 5) is 26.3. The summed E-state index contributed by atoms with van der Waals surface area (Å²) in [7, 11) is 0. The Kier molecular flexibility index (Phi) is 11.3. The van der Waals surface area contributed by atoms with Crippen molar-refractivity contribution >= 4 is 11.8 Å². The highest BCUT2D eigenvalue weighted by molar-refractivity contribution is 6.04.